The minimum atomic E-state index is -1.90. The predicted molar refractivity (Wildman–Crippen MR) is 87.0 cm³/mol. The van der Waals surface area contributed by atoms with E-state index >= 15 is 0 Å². The highest BCUT2D eigenvalue weighted by Gasteiger charge is 2.39. The van der Waals surface area contributed by atoms with Crippen molar-refractivity contribution in [2.75, 3.05) is 0 Å². The van der Waals surface area contributed by atoms with E-state index in [2.05, 4.69) is 56.5 Å². The lowest BCUT2D eigenvalue weighted by molar-refractivity contribution is 0.101. The molecule has 0 aliphatic carbocycles. The molecule has 0 aliphatic heterocycles. The van der Waals surface area contributed by atoms with Crippen LogP contribution in [-0.2, 0) is 0 Å². The van der Waals surface area contributed by atoms with Crippen LogP contribution in [0.5, 0.6) is 5.75 Å². The SMILES string of the molecule is CC(=O)c1ccc(I)cc1O[Si](C)(C)C(C)(C)C. The van der Waals surface area contributed by atoms with Gasteiger partial charge in [0.15, 0.2) is 5.78 Å². The predicted octanol–water partition coefficient (Wildman–Crippen LogP) is 4.88. The summed E-state index contributed by atoms with van der Waals surface area (Å²) in [5.41, 5.74) is 0.681. The van der Waals surface area contributed by atoms with Gasteiger partial charge in [-0.2, -0.15) is 0 Å². The molecule has 0 N–H and O–H groups in total. The normalized spacial score (nSPS) is 12.4. The van der Waals surface area contributed by atoms with E-state index in [9.17, 15) is 4.79 Å². The van der Waals surface area contributed by atoms with Gasteiger partial charge in [0.05, 0.1) is 5.56 Å². The van der Waals surface area contributed by atoms with E-state index in [1.165, 1.54) is 0 Å². The van der Waals surface area contributed by atoms with Crippen molar-refractivity contribution < 1.29 is 9.22 Å². The summed E-state index contributed by atoms with van der Waals surface area (Å²) < 4.78 is 7.34. The van der Waals surface area contributed by atoms with Crippen molar-refractivity contribution >= 4 is 36.7 Å². The van der Waals surface area contributed by atoms with E-state index < -0.39 is 8.32 Å². The maximum atomic E-state index is 11.6. The van der Waals surface area contributed by atoms with Gasteiger partial charge in [-0.15, -0.1) is 0 Å². The molecule has 0 saturated carbocycles. The van der Waals surface area contributed by atoms with Gasteiger partial charge in [0.1, 0.15) is 5.75 Å². The standard InChI is InChI=1S/C14H21IO2Si/c1-10(16)12-8-7-11(15)9-13(12)17-18(5,6)14(2,3)4/h7-9H,1-6H3. The minimum absolute atomic E-state index is 0.0557. The van der Waals surface area contributed by atoms with Crippen LogP contribution in [-0.4, -0.2) is 14.1 Å². The molecule has 0 unspecified atom stereocenters. The summed E-state index contributed by atoms with van der Waals surface area (Å²) in [6, 6.07) is 5.75. The molecular formula is C14H21IO2Si. The third-order valence-electron chi connectivity index (χ3n) is 3.49. The molecule has 0 bridgehead atoms. The highest BCUT2D eigenvalue weighted by Crippen LogP contribution is 2.38. The van der Waals surface area contributed by atoms with Crippen LogP contribution in [0.3, 0.4) is 0 Å². The summed E-state index contributed by atoms with van der Waals surface area (Å²) in [4.78, 5) is 11.6. The molecule has 0 fully saturated rings. The number of halogens is 1. The Morgan fingerprint density at radius 2 is 1.83 bits per heavy atom. The van der Waals surface area contributed by atoms with E-state index in [-0.39, 0.29) is 10.8 Å². The second-order valence-corrected chi connectivity index (χ2v) is 12.0. The van der Waals surface area contributed by atoms with Crippen LogP contribution in [0.1, 0.15) is 38.1 Å². The van der Waals surface area contributed by atoms with Crippen molar-refractivity contribution in [2.24, 2.45) is 0 Å². The molecule has 0 aromatic heterocycles. The molecule has 1 aromatic rings. The zero-order valence-corrected chi connectivity index (χ0v) is 15.1. The van der Waals surface area contributed by atoms with Crippen LogP contribution in [0.4, 0.5) is 0 Å². The smallest absolute Gasteiger partial charge is 0.250 e. The van der Waals surface area contributed by atoms with Gasteiger partial charge in [0.2, 0.25) is 0 Å². The largest absolute Gasteiger partial charge is 0.543 e. The van der Waals surface area contributed by atoms with Gasteiger partial charge in [-0.25, -0.2) is 0 Å². The third-order valence-corrected chi connectivity index (χ3v) is 8.51. The molecule has 0 radical (unpaired) electrons. The van der Waals surface area contributed by atoms with Crippen molar-refractivity contribution in [1.29, 1.82) is 0 Å². The van der Waals surface area contributed by atoms with E-state index in [0.717, 1.165) is 9.32 Å². The first kappa shape index (κ1) is 15.7. The molecule has 0 aliphatic rings. The van der Waals surface area contributed by atoms with Crippen molar-refractivity contribution in [1.82, 2.24) is 0 Å². The van der Waals surface area contributed by atoms with E-state index in [4.69, 9.17) is 4.43 Å². The van der Waals surface area contributed by atoms with Crippen LogP contribution in [0, 0.1) is 3.57 Å². The van der Waals surface area contributed by atoms with Gasteiger partial charge in [0.25, 0.3) is 8.32 Å². The molecule has 0 saturated heterocycles. The first-order valence-corrected chi connectivity index (χ1v) is 10.0. The van der Waals surface area contributed by atoms with Gasteiger partial charge in [0, 0.05) is 3.57 Å². The summed E-state index contributed by atoms with van der Waals surface area (Å²) >= 11 is 2.24. The Morgan fingerprint density at radius 3 is 2.28 bits per heavy atom. The number of benzene rings is 1. The Bertz CT molecular complexity index is 461. The van der Waals surface area contributed by atoms with Gasteiger partial charge >= 0.3 is 0 Å². The van der Waals surface area contributed by atoms with Gasteiger partial charge in [-0.1, -0.05) is 20.8 Å². The summed E-state index contributed by atoms with van der Waals surface area (Å²) in [6.45, 7) is 12.6. The van der Waals surface area contributed by atoms with Gasteiger partial charge < -0.3 is 4.43 Å². The minimum Gasteiger partial charge on any atom is -0.543 e. The number of Topliss-reactive ketones (excluding diaryl/α,β-unsaturated/α-hetero) is 1. The molecule has 0 heterocycles. The lowest BCUT2D eigenvalue weighted by atomic mass is 10.1. The molecule has 0 spiro atoms. The van der Waals surface area contributed by atoms with Crippen LogP contribution in [0.25, 0.3) is 0 Å². The van der Waals surface area contributed by atoms with Gasteiger partial charge in [-0.3, -0.25) is 4.79 Å². The van der Waals surface area contributed by atoms with E-state index in [1.807, 2.05) is 18.2 Å². The van der Waals surface area contributed by atoms with Crippen LogP contribution in [0.15, 0.2) is 18.2 Å². The first-order valence-electron chi connectivity index (χ1n) is 6.04. The number of hydrogen-bond donors (Lipinski definition) is 0. The fourth-order valence-corrected chi connectivity index (χ4v) is 2.79. The lowest BCUT2D eigenvalue weighted by Crippen LogP contribution is -2.44. The van der Waals surface area contributed by atoms with Crippen molar-refractivity contribution in [3.63, 3.8) is 0 Å². The van der Waals surface area contributed by atoms with Crippen LogP contribution < -0.4 is 4.43 Å². The fourth-order valence-electron chi connectivity index (χ4n) is 1.30. The van der Waals surface area contributed by atoms with Crippen LogP contribution >= 0.6 is 22.6 Å². The zero-order valence-electron chi connectivity index (χ0n) is 11.9. The van der Waals surface area contributed by atoms with Crippen molar-refractivity contribution in [3.8, 4) is 5.75 Å². The molecule has 2 nitrogen and oxygen atoms in total. The Balaban J connectivity index is 3.18. The summed E-state index contributed by atoms with van der Waals surface area (Å²) in [5, 5.41) is 0.127. The van der Waals surface area contributed by atoms with Gasteiger partial charge in [-0.05, 0) is 65.8 Å². The molecule has 1 aromatic carbocycles. The molecule has 100 valence electrons. The van der Waals surface area contributed by atoms with Crippen molar-refractivity contribution in [2.45, 2.75) is 45.8 Å². The zero-order chi connectivity index (χ0) is 14.1. The average Bonchev–Trinajstić information content (AvgIpc) is 2.14. The Labute approximate surface area is 124 Å². The van der Waals surface area contributed by atoms with Crippen LogP contribution in [0.2, 0.25) is 18.1 Å². The Hall–Kier alpha value is -0.363. The second-order valence-electron chi connectivity index (χ2n) is 6.06. The quantitative estimate of drug-likeness (QED) is 0.427. The third kappa shape index (κ3) is 3.57. The van der Waals surface area contributed by atoms with E-state index in [1.54, 1.807) is 6.92 Å². The highest BCUT2D eigenvalue weighted by molar-refractivity contribution is 14.1. The second kappa shape index (κ2) is 5.33. The lowest BCUT2D eigenvalue weighted by Gasteiger charge is -2.37. The molecule has 1 rings (SSSR count). The number of ketones is 1. The molecule has 0 amide bonds. The number of hydrogen-bond acceptors (Lipinski definition) is 2. The number of carbonyl (C=O) groups is 1. The maximum absolute atomic E-state index is 11.6. The molecule has 4 heteroatoms. The highest BCUT2D eigenvalue weighted by atomic mass is 127. The summed E-state index contributed by atoms with van der Waals surface area (Å²) in [5.74, 6) is 0.793. The molecule has 0 atom stereocenters. The number of carbonyl (C=O) groups excluding carboxylic acids is 1. The van der Waals surface area contributed by atoms with E-state index in [0.29, 0.717) is 5.56 Å². The first-order chi connectivity index (χ1) is 8.04. The summed E-state index contributed by atoms with van der Waals surface area (Å²) in [6.07, 6.45) is 0. The average molecular weight is 376 g/mol. The monoisotopic (exact) mass is 376 g/mol. The Kier molecular flexibility index (Phi) is 4.64. The molecule has 18 heavy (non-hydrogen) atoms. The Morgan fingerprint density at radius 1 is 1.28 bits per heavy atom. The fraction of sp³-hybridized carbons (Fsp3) is 0.500. The van der Waals surface area contributed by atoms with Crippen molar-refractivity contribution in [3.05, 3.63) is 27.3 Å². The molecular weight excluding hydrogens is 355 g/mol. The topological polar surface area (TPSA) is 26.3 Å². The summed E-state index contributed by atoms with van der Waals surface area (Å²) in [7, 11) is -1.90. The maximum Gasteiger partial charge on any atom is 0.250 e. The number of rotatable bonds is 3.